The van der Waals surface area contributed by atoms with Crippen molar-refractivity contribution in [3.8, 4) is 5.75 Å². The molecule has 0 fully saturated rings. The summed E-state index contributed by atoms with van der Waals surface area (Å²) >= 11 is 0. The lowest BCUT2D eigenvalue weighted by Gasteiger charge is -2.28. The monoisotopic (exact) mass is 318 g/mol. The van der Waals surface area contributed by atoms with Gasteiger partial charge in [0.1, 0.15) is 17.1 Å². The number of unbranched alkanes of at least 4 members (excludes halogenated alkanes) is 2. The second-order valence-electron chi connectivity index (χ2n) is 5.96. The van der Waals surface area contributed by atoms with Crippen molar-refractivity contribution < 1.29 is 24.0 Å². The van der Waals surface area contributed by atoms with Crippen LogP contribution in [0.2, 0.25) is 5.82 Å². The van der Waals surface area contributed by atoms with Gasteiger partial charge in [0.15, 0.2) is 0 Å². The third-order valence-electron chi connectivity index (χ3n) is 4.17. The van der Waals surface area contributed by atoms with E-state index in [1.165, 1.54) is 7.11 Å². The fourth-order valence-electron chi connectivity index (χ4n) is 2.90. The van der Waals surface area contributed by atoms with E-state index in [4.69, 9.17) is 9.39 Å². The molecule has 0 saturated heterocycles. The Hall–Kier alpha value is -1.82. The predicted molar refractivity (Wildman–Crippen MR) is 87.6 cm³/mol. The average molecular weight is 318 g/mol. The molecule has 1 atom stereocenters. The van der Waals surface area contributed by atoms with Gasteiger partial charge < -0.3 is 14.4 Å². The zero-order valence-corrected chi connectivity index (χ0v) is 13.7. The molecule has 5 nitrogen and oxygen atoms in total. The first-order chi connectivity index (χ1) is 11.1. The lowest BCUT2D eigenvalue weighted by molar-refractivity contribution is -0.119. The third kappa shape index (κ3) is 4.35. The maximum atomic E-state index is 12.0. The van der Waals surface area contributed by atoms with Crippen LogP contribution in [0.3, 0.4) is 0 Å². The molecular weight excluding hydrogens is 295 g/mol. The van der Waals surface area contributed by atoms with Crippen LogP contribution >= 0.6 is 0 Å². The van der Waals surface area contributed by atoms with E-state index >= 15 is 0 Å². The van der Waals surface area contributed by atoms with E-state index in [1.54, 1.807) is 12.1 Å². The molecule has 1 N–H and O–H groups in total. The molecule has 6 heteroatoms. The first kappa shape index (κ1) is 17.5. The van der Waals surface area contributed by atoms with Gasteiger partial charge in [0.2, 0.25) is 0 Å². The standard InChI is InChI=1S/C17H23BO5/c1-3-4-5-8-14(19)11-13-10-12-7-6-9-15(17(20)22-2)16(12)23-18(13)21/h6-7,9,13,21H,3-5,8,10-11H2,1-2H3/t13-/m1/s1. The highest BCUT2D eigenvalue weighted by Gasteiger charge is 2.37. The Morgan fingerprint density at radius 3 is 2.87 bits per heavy atom. The number of methoxy groups -OCH3 is 1. The van der Waals surface area contributed by atoms with Crippen LogP contribution in [0.4, 0.5) is 0 Å². The number of ether oxygens (including phenoxy) is 1. The number of benzene rings is 1. The number of hydrogen-bond donors (Lipinski definition) is 1. The van der Waals surface area contributed by atoms with Gasteiger partial charge in [-0.05, 0) is 24.5 Å². The molecule has 0 aliphatic carbocycles. The summed E-state index contributed by atoms with van der Waals surface area (Å²) in [5, 5.41) is 10.2. The number of para-hydroxylation sites is 1. The number of ketones is 1. The molecule has 1 heterocycles. The molecule has 124 valence electrons. The number of Topliss-reactive ketones (excluding diaryl/α,β-unsaturated/α-hetero) is 1. The first-order valence-electron chi connectivity index (χ1n) is 8.13. The highest BCUT2D eigenvalue weighted by molar-refractivity contribution is 6.47. The summed E-state index contributed by atoms with van der Waals surface area (Å²) < 4.78 is 10.3. The van der Waals surface area contributed by atoms with Crippen molar-refractivity contribution in [3.63, 3.8) is 0 Å². The number of carbonyl (C=O) groups is 2. The van der Waals surface area contributed by atoms with Crippen LogP contribution in [0.15, 0.2) is 18.2 Å². The Morgan fingerprint density at radius 1 is 1.39 bits per heavy atom. The molecule has 0 unspecified atom stereocenters. The topological polar surface area (TPSA) is 72.8 Å². The SMILES string of the molecule is CCCCCC(=O)C[C@H]1Cc2cccc(C(=O)OC)c2OB1O. The zero-order chi connectivity index (χ0) is 16.8. The zero-order valence-electron chi connectivity index (χ0n) is 13.7. The lowest BCUT2D eigenvalue weighted by Crippen LogP contribution is -2.35. The first-order valence-corrected chi connectivity index (χ1v) is 8.13. The Morgan fingerprint density at radius 2 is 2.17 bits per heavy atom. The Bertz CT molecular complexity index is 572. The Balaban J connectivity index is 2.06. The van der Waals surface area contributed by atoms with Crippen LogP contribution < -0.4 is 4.65 Å². The molecule has 1 aliphatic rings. The molecule has 0 saturated carbocycles. The third-order valence-corrected chi connectivity index (χ3v) is 4.17. The van der Waals surface area contributed by atoms with E-state index in [1.807, 2.05) is 6.07 Å². The highest BCUT2D eigenvalue weighted by Crippen LogP contribution is 2.36. The quantitative estimate of drug-likeness (QED) is 0.475. The van der Waals surface area contributed by atoms with E-state index in [-0.39, 0.29) is 11.6 Å². The summed E-state index contributed by atoms with van der Waals surface area (Å²) in [5.41, 5.74) is 1.13. The van der Waals surface area contributed by atoms with Gasteiger partial charge in [-0.2, -0.15) is 0 Å². The molecule has 0 aromatic heterocycles. The number of hydrogen-bond acceptors (Lipinski definition) is 5. The van der Waals surface area contributed by atoms with Crippen LogP contribution in [0, 0.1) is 0 Å². The molecular formula is C17H23BO5. The summed E-state index contributed by atoms with van der Waals surface area (Å²) in [7, 11) is 0.224. The normalized spacial score (nSPS) is 16.5. The van der Waals surface area contributed by atoms with Crippen molar-refractivity contribution in [1.82, 2.24) is 0 Å². The van der Waals surface area contributed by atoms with Crippen LogP contribution in [-0.4, -0.2) is 31.0 Å². The van der Waals surface area contributed by atoms with Crippen LogP contribution in [0.5, 0.6) is 5.75 Å². The van der Waals surface area contributed by atoms with Crippen molar-refractivity contribution in [2.24, 2.45) is 0 Å². The van der Waals surface area contributed by atoms with Gasteiger partial charge >= 0.3 is 13.1 Å². The summed E-state index contributed by atoms with van der Waals surface area (Å²) in [6.45, 7) is 2.10. The minimum absolute atomic E-state index is 0.152. The maximum absolute atomic E-state index is 12.0. The molecule has 0 amide bonds. The van der Waals surface area contributed by atoms with Crippen LogP contribution in [-0.2, 0) is 16.0 Å². The van der Waals surface area contributed by atoms with Crippen LogP contribution in [0.1, 0.15) is 54.9 Å². The molecule has 1 aliphatic heterocycles. The molecule has 23 heavy (non-hydrogen) atoms. The van der Waals surface area contributed by atoms with Crippen molar-refractivity contribution in [2.75, 3.05) is 7.11 Å². The number of rotatable bonds is 7. The van der Waals surface area contributed by atoms with Crippen LogP contribution in [0.25, 0.3) is 0 Å². The van der Waals surface area contributed by atoms with E-state index in [0.29, 0.717) is 30.6 Å². The van der Waals surface area contributed by atoms with E-state index < -0.39 is 13.1 Å². The van der Waals surface area contributed by atoms with E-state index in [0.717, 1.165) is 24.8 Å². The minimum atomic E-state index is -1.08. The van der Waals surface area contributed by atoms with E-state index in [9.17, 15) is 14.6 Å². The fourth-order valence-corrected chi connectivity index (χ4v) is 2.90. The number of carbonyl (C=O) groups excluding carboxylic acids is 2. The number of fused-ring (bicyclic) bond motifs is 1. The minimum Gasteiger partial charge on any atom is -0.535 e. The van der Waals surface area contributed by atoms with Gasteiger partial charge in [-0.1, -0.05) is 31.9 Å². The summed E-state index contributed by atoms with van der Waals surface area (Å²) in [4.78, 5) is 23.8. The fraction of sp³-hybridized carbons (Fsp3) is 0.529. The largest absolute Gasteiger partial charge is 0.535 e. The van der Waals surface area contributed by atoms with Crippen molar-refractivity contribution >= 4 is 18.9 Å². The Labute approximate surface area is 137 Å². The van der Waals surface area contributed by atoms with Crippen molar-refractivity contribution in [2.45, 2.75) is 51.3 Å². The van der Waals surface area contributed by atoms with Crippen molar-refractivity contribution in [3.05, 3.63) is 29.3 Å². The molecule has 1 aromatic rings. The maximum Gasteiger partial charge on any atom is 0.526 e. The predicted octanol–water partition coefficient (Wildman–Crippen LogP) is 2.80. The Kier molecular flexibility index (Phi) is 6.22. The molecule has 2 rings (SSSR count). The van der Waals surface area contributed by atoms with Gasteiger partial charge in [0.05, 0.1) is 7.11 Å². The van der Waals surface area contributed by atoms with Gasteiger partial charge in [-0.3, -0.25) is 4.79 Å². The lowest BCUT2D eigenvalue weighted by atomic mass is 9.64. The second kappa shape index (κ2) is 8.15. The van der Waals surface area contributed by atoms with Gasteiger partial charge in [-0.15, -0.1) is 0 Å². The van der Waals surface area contributed by atoms with E-state index in [2.05, 4.69) is 6.92 Å². The van der Waals surface area contributed by atoms with Gasteiger partial charge in [-0.25, -0.2) is 4.79 Å². The summed E-state index contributed by atoms with van der Waals surface area (Å²) in [6, 6.07) is 5.21. The highest BCUT2D eigenvalue weighted by atomic mass is 16.5. The smallest absolute Gasteiger partial charge is 0.526 e. The molecule has 0 bridgehead atoms. The number of esters is 1. The molecule has 0 radical (unpaired) electrons. The van der Waals surface area contributed by atoms with Gasteiger partial charge in [0.25, 0.3) is 0 Å². The van der Waals surface area contributed by atoms with Gasteiger partial charge in [0, 0.05) is 18.7 Å². The van der Waals surface area contributed by atoms with Crippen molar-refractivity contribution in [1.29, 1.82) is 0 Å². The summed E-state index contributed by atoms with van der Waals surface area (Å²) in [6.07, 6.45) is 4.37. The summed E-state index contributed by atoms with van der Waals surface area (Å²) in [5.74, 6) is -0.257. The second-order valence-corrected chi connectivity index (χ2v) is 5.96. The average Bonchev–Trinajstić information content (AvgIpc) is 2.54. The molecule has 0 spiro atoms. The molecule has 1 aromatic carbocycles.